The third-order valence-electron chi connectivity index (χ3n) is 7.40. The molecule has 2 aliphatic heterocycles. The molecule has 2 aliphatic rings. The lowest BCUT2D eigenvalue weighted by molar-refractivity contribution is -0.153. The number of anilines is 1. The molecular formula is C28H29BN6O9S2. The van der Waals surface area contributed by atoms with Gasteiger partial charge in [0, 0.05) is 35.7 Å². The van der Waals surface area contributed by atoms with Crippen molar-refractivity contribution < 1.29 is 43.9 Å². The molecule has 2 aromatic carbocycles. The van der Waals surface area contributed by atoms with Gasteiger partial charge in [-0.15, -0.1) is 23.1 Å². The van der Waals surface area contributed by atoms with Crippen LogP contribution in [-0.2, 0) is 26.6 Å². The first-order chi connectivity index (χ1) is 22.0. The highest BCUT2D eigenvalue weighted by Crippen LogP contribution is 2.38. The highest BCUT2D eigenvalue weighted by atomic mass is 32.2. The van der Waals surface area contributed by atoms with Gasteiger partial charge in [0.05, 0.1) is 11.6 Å². The summed E-state index contributed by atoms with van der Waals surface area (Å²) in [6, 6.07) is 7.30. The number of aromatic hydroxyl groups is 1. The van der Waals surface area contributed by atoms with Crippen molar-refractivity contribution in [1.29, 1.82) is 0 Å². The first-order valence-electron chi connectivity index (χ1n) is 14.0. The normalized spacial score (nSPS) is 16.8. The molecule has 18 heteroatoms. The maximum Gasteiger partial charge on any atom is 0.547 e. The summed E-state index contributed by atoms with van der Waals surface area (Å²) in [5.74, 6) is -4.55. The fourth-order valence-corrected chi connectivity index (χ4v) is 6.58. The number of nitrogens with one attached hydrogen (secondary N) is 2. The van der Waals surface area contributed by atoms with Crippen LogP contribution in [0.3, 0.4) is 0 Å². The number of nitrogen functional groups attached to an aromatic ring is 1. The lowest BCUT2D eigenvalue weighted by Crippen LogP contribution is -2.60. The van der Waals surface area contributed by atoms with Gasteiger partial charge in [-0.25, -0.2) is 14.6 Å². The minimum atomic E-state index is -1.66. The van der Waals surface area contributed by atoms with Crippen molar-refractivity contribution in [2.24, 2.45) is 0 Å². The summed E-state index contributed by atoms with van der Waals surface area (Å²) >= 11 is 2.25. The number of piperazine rings is 1. The zero-order valence-electron chi connectivity index (χ0n) is 24.3. The fraction of sp³-hybridized carbons (Fsp3) is 0.286. The fourth-order valence-electron chi connectivity index (χ4n) is 4.99. The van der Waals surface area contributed by atoms with Gasteiger partial charge in [-0.3, -0.25) is 19.3 Å². The zero-order valence-corrected chi connectivity index (χ0v) is 26.0. The number of rotatable bonds is 9. The number of carbonyl (C=O) groups is 5. The molecule has 240 valence electrons. The number of nitrogens with zero attached hydrogens (tertiary/aromatic N) is 3. The number of fused-ring (bicyclic) bond motifs is 1. The van der Waals surface area contributed by atoms with Gasteiger partial charge in [0.15, 0.2) is 11.2 Å². The number of likely N-dealkylation sites (N-methyl/N-ethyl adjacent to an activating group) is 1. The molecule has 3 aromatic rings. The third kappa shape index (κ3) is 6.88. The van der Waals surface area contributed by atoms with Gasteiger partial charge in [0.1, 0.15) is 17.1 Å². The number of imide groups is 1. The van der Waals surface area contributed by atoms with Crippen LogP contribution in [0.5, 0.6) is 11.5 Å². The number of aromatic carboxylic acids is 1. The predicted molar refractivity (Wildman–Crippen MR) is 167 cm³/mol. The van der Waals surface area contributed by atoms with Crippen molar-refractivity contribution in [1.82, 2.24) is 25.4 Å². The van der Waals surface area contributed by atoms with Crippen LogP contribution in [0.15, 0.2) is 46.7 Å². The van der Waals surface area contributed by atoms with E-state index in [2.05, 4.69) is 15.6 Å². The van der Waals surface area contributed by atoms with E-state index in [1.165, 1.54) is 34.2 Å². The van der Waals surface area contributed by atoms with Gasteiger partial charge in [-0.2, -0.15) is 0 Å². The van der Waals surface area contributed by atoms with Crippen LogP contribution in [-0.4, -0.2) is 92.4 Å². The molecular weight excluding hydrogens is 639 g/mol. The number of carboxylic acid groups (broad SMARTS) is 1. The van der Waals surface area contributed by atoms with Gasteiger partial charge in [0.2, 0.25) is 5.91 Å². The molecule has 1 aromatic heterocycles. The summed E-state index contributed by atoms with van der Waals surface area (Å²) in [6.45, 7) is 2.06. The Balaban J connectivity index is 1.32. The molecule has 0 saturated carbocycles. The van der Waals surface area contributed by atoms with Crippen LogP contribution < -0.4 is 21.0 Å². The van der Waals surface area contributed by atoms with E-state index in [1.54, 1.807) is 31.2 Å². The smallest absolute Gasteiger partial charge is 0.534 e. The molecule has 1 unspecified atom stereocenters. The Morgan fingerprint density at radius 1 is 1.17 bits per heavy atom. The molecule has 7 N–H and O–H groups in total. The number of amides is 5. The Kier molecular flexibility index (Phi) is 9.69. The quantitative estimate of drug-likeness (QED) is 0.107. The second kappa shape index (κ2) is 13.7. The number of hydrogen-bond donors (Lipinski definition) is 6. The van der Waals surface area contributed by atoms with Crippen molar-refractivity contribution in [2.75, 3.05) is 25.4 Å². The zero-order chi connectivity index (χ0) is 33.1. The van der Waals surface area contributed by atoms with Crippen molar-refractivity contribution in [2.45, 2.75) is 36.0 Å². The Bertz CT molecular complexity index is 1690. The van der Waals surface area contributed by atoms with Crippen LogP contribution in [0, 0.1) is 0 Å². The Morgan fingerprint density at radius 3 is 2.57 bits per heavy atom. The minimum Gasteiger partial charge on any atom is -0.534 e. The molecule has 1 fully saturated rings. The summed E-state index contributed by atoms with van der Waals surface area (Å²) in [6.07, 6.45) is -0.0166. The van der Waals surface area contributed by atoms with Crippen LogP contribution >= 0.6 is 23.1 Å². The predicted octanol–water partition coefficient (Wildman–Crippen LogP) is 1.00. The SMILES string of the molecule is CCN1CCN(C(=O)NC(C(=O)N[C@H]2Cc3ccc(SCc4ccc(O)cc4)c(C(=O)O)c3OB2O)c2csc(N)n2)C(=O)C1=O. The molecule has 15 nitrogen and oxygen atoms in total. The maximum absolute atomic E-state index is 13.6. The third-order valence-corrected chi connectivity index (χ3v) is 9.22. The summed E-state index contributed by atoms with van der Waals surface area (Å²) in [4.78, 5) is 70.3. The summed E-state index contributed by atoms with van der Waals surface area (Å²) < 4.78 is 5.66. The first-order valence-corrected chi connectivity index (χ1v) is 15.9. The van der Waals surface area contributed by atoms with E-state index < -0.39 is 48.8 Å². The number of urea groups is 1. The molecule has 0 bridgehead atoms. The van der Waals surface area contributed by atoms with Crippen LogP contribution in [0.2, 0.25) is 0 Å². The number of hydrogen-bond acceptors (Lipinski definition) is 12. The first kappa shape index (κ1) is 32.6. The largest absolute Gasteiger partial charge is 0.547 e. The van der Waals surface area contributed by atoms with Gasteiger partial charge in [-0.05, 0) is 42.7 Å². The molecule has 2 atom stereocenters. The Labute approximate surface area is 270 Å². The van der Waals surface area contributed by atoms with Crippen molar-refractivity contribution in [3.05, 3.63) is 64.2 Å². The monoisotopic (exact) mass is 668 g/mol. The molecule has 0 aliphatic carbocycles. The summed E-state index contributed by atoms with van der Waals surface area (Å²) in [5.41, 5.74) is 6.95. The number of carbonyl (C=O) groups excluding carboxylic acids is 4. The number of thiazole rings is 1. The number of phenolic OH excluding ortho intramolecular Hbond substituents is 1. The summed E-state index contributed by atoms with van der Waals surface area (Å²) in [5, 5.41) is 37.0. The molecule has 5 rings (SSSR count). The molecule has 46 heavy (non-hydrogen) atoms. The van der Waals surface area contributed by atoms with E-state index in [0.29, 0.717) is 27.7 Å². The highest BCUT2D eigenvalue weighted by molar-refractivity contribution is 7.98. The van der Waals surface area contributed by atoms with Crippen LogP contribution in [0.1, 0.15) is 40.1 Å². The number of aromatic nitrogens is 1. The standard InChI is InChI=1S/C28H29BN6O9S2/c1-2-34-9-10-35(25(39)24(34)38)28(42)33-21(17-13-46-27(30)31-17)23(37)32-19-11-15-5-8-18(20(26(40)41)22(15)44-29(19)43)45-12-14-3-6-16(36)7-4-14/h3-8,13,19,21,36,43H,2,9-12H2,1H3,(H2,30,31)(H,32,37)(H,33,42)(H,40,41)/t19-,21?/m0/s1. The average molecular weight is 669 g/mol. The number of nitrogens with two attached hydrogens (primary N) is 1. The van der Waals surface area contributed by atoms with Gasteiger partial charge >= 0.3 is 30.9 Å². The minimum absolute atomic E-state index is 0.0166. The van der Waals surface area contributed by atoms with Gasteiger partial charge in [0.25, 0.3) is 0 Å². The lowest BCUT2D eigenvalue weighted by Gasteiger charge is -2.33. The van der Waals surface area contributed by atoms with Crippen LogP contribution in [0.25, 0.3) is 0 Å². The number of carboxylic acids is 1. The Hall–Kier alpha value is -4.81. The average Bonchev–Trinajstić information content (AvgIpc) is 3.46. The Morgan fingerprint density at radius 2 is 1.91 bits per heavy atom. The van der Waals surface area contributed by atoms with E-state index in [0.717, 1.165) is 16.9 Å². The number of thioether (sulfide) groups is 1. The van der Waals surface area contributed by atoms with Crippen molar-refractivity contribution >= 4 is 65.1 Å². The molecule has 3 heterocycles. The van der Waals surface area contributed by atoms with E-state index in [1.807, 2.05) is 0 Å². The molecule has 5 amide bonds. The topological polar surface area (TPSA) is 225 Å². The molecule has 0 radical (unpaired) electrons. The van der Waals surface area contributed by atoms with E-state index in [9.17, 15) is 39.2 Å². The maximum atomic E-state index is 13.6. The lowest BCUT2D eigenvalue weighted by atomic mass is 9.72. The van der Waals surface area contributed by atoms with Crippen molar-refractivity contribution in [3.8, 4) is 11.5 Å². The summed E-state index contributed by atoms with van der Waals surface area (Å²) in [7, 11) is -1.66. The number of phenols is 1. The van der Waals surface area contributed by atoms with E-state index in [-0.39, 0.29) is 47.4 Å². The highest BCUT2D eigenvalue weighted by Gasteiger charge is 2.41. The second-order valence-electron chi connectivity index (χ2n) is 10.3. The van der Waals surface area contributed by atoms with E-state index in [4.69, 9.17) is 10.4 Å². The second-order valence-corrected chi connectivity index (χ2v) is 12.3. The molecule has 0 spiro atoms. The van der Waals surface area contributed by atoms with Gasteiger partial charge < -0.3 is 41.2 Å². The van der Waals surface area contributed by atoms with Crippen molar-refractivity contribution in [3.63, 3.8) is 0 Å². The van der Waals surface area contributed by atoms with Gasteiger partial charge in [-0.1, -0.05) is 18.2 Å². The van der Waals surface area contributed by atoms with E-state index >= 15 is 0 Å². The van der Waals surface area contributed by atoms with Crippen LogP contribution in [0.4, 0.5) is 9.93 Å². The molecule has 1 saturated heterocycles. The number of benzene rings is 2.